The summed E-state index contributed by atoms with van der Waals surface area (Å²) in [4.78, 5) is 12.8. The van der Waals surface area contributed by atoms with E-state index in [1.54, 1.807) is 4.90 Å². The van der Waals surface area contributed by atoms with Gasteiger partial charge in [0, 0.05) is 18.5 Å². The van der Waals surface area contributed by atoms with Crippen molar-refractivity contribution in [3.8, 4) is 0 Å². The van der Waals surface area contributed by atoms with E-state index in [4.69, 9.17) is 5.73 Å². The highest BCUT2D eigenvalue weighted by Gasteiger charge is 2.23. The number of likely N-dealkylation sites (tertiary alicyclic amines) is 1. The van der Waals surface area contributed by atoms with Gasteiger partial charge < -0.3 is 10.6 Å². The first-order valence-corrected chi connectivity index (χ1v) is 6.63. The number of carbonyl (C=O) groups is 1. The smallest absolute Gasteiger partial charge is 0.314 e. The molecule has 1 aliphatic rings. The predicted octanol–water partition coefficient (Wildman–Crippen LogP) is 2.06. The van der Waals surface area contributed by atoms with Gasteiger partial charge in [-0.2, -0.15) is 5.10 Å². The van der Waals surface area contributed by atoms with E-state index in [0.717, 1.165) is 12.8 Å². The Morgan fingerprint density at radius 3 is 2.79 bits per heavy atom. The standard InChI is InChI=1S/C14H18N4O/c1-10-2-3-13-11(8-10)9-16-18(13)12-4-6-17(7-5-12)14(15)19/h2-3,8-9,12H,4-7H2,1H3,(H2,15,19). The molecule has 100 valence electrons. The number of hydrogen-bond acceptors (Lipinski definition) is 2. The van der Waals surface area contributed by atoms with Gasteiger partial charge in [0.1, 0.15) is 0 Å². The van der Waals surface area contributed by atoms with Crippen molar-refractivity contribution in [3.05, 3.63) is 30.0 Å². The van der Waals surface area contributed by atoms with Crippen LogP contribution in [-0.4, -0.2) is 33.8 Å². The SMILES string of the molecule is Cc1ccc2c(cnn2C2CCN(C(N)=O)CC2)c1. The van der Waals surface area contributed by atoms with E-state index in [-0.39, 0.29) is 6.03 Å². The van der Waals surface area contributed by atoms with E-state index in [9.17, 15) is 4.79 Å². The van der Waals surface area contributed by atoms with Crippen molar-refractivity contribution in [2.24, 2.45) is 5.73 Å². The van der Waals surface area contributed by atoms with Crippen LogP contribution in [-0.2, 0) is 0 Å². The van der Waals surface area contributed by atoms with Gasteiger partial charge in [-0.25, -0.2) is 4.79 Å². The van der Waals surface area contributed by atoms with Crippen LogP contribution < -0.4 is 5.73 Å². The van der Waals surface area contributed by atoms with Gasteiger partial charge in [-0.15, -0.1) is 0 Å². The number of aryl methyl sites for hydroxylation is 1. The molecule has 1 fully saturated rings. The molecule has 5 nitrogen and oxygen atoms in total. The van der Waals surface area contributed by atoms with Gasteiger partial charge in [0.15, 0.2) is 0 Å². The van der Waals surface area contributed by atoms with Gasteiger partial charge in [-0.05, 0) is 31.9 Å². The van der Waals surface area contributed by atoms with Crippen molar-refractivity contribution in [2.45, 2.75) is 25.8 Å². The summed E-state index contributed by atoms with van der Waals surface area (Å²) < 4.78 is 2.09. The molecular weight excluding hydrogens is 240 g/mol. The van der Waals surface area contributed by atoms with Crippen molar-refractivity contribution >= 4 is 16.9 Å². The zero-order valence-corrected chi connectivity index (χ0v) is 11.0. The molecule has 3 rings (SSSR count). The van der Waals surface area contributed by atoms with E-state index >= 15 is 0 Å². The molecule has 0 spiro atoms. The van der Waals surface area contributed by atoms with Gasteiger partial charge in [-0.1, -0.05) is 11.6 Å². The third-order valence-electron chi connectivity index (χ3n) is 3.87. The lowest BCUT2D eigenvalue weighted by Gasteiger charge is -2.31. The molecule has 0 radical (unpaired) electrons. The van der Waals surface area contributed by atoms with Crippen LogP contribution in [0.5, 0.6) is 0 Å². The Balaban J connectivity index is 1.84. The second kappa shape index (κ2) is 4.57. The number of urea groups is 1. The highest BCUT2D eigenvalue weighted by atomic mass is 16.2. The number of piperidine rings is 1. The van der Waals surface area contributed by atoms with E-state index in [1.165, 1.54) is 16.5 Å². The van der Waals surface area contributed by atoms with Crippen molar-refractivity contribution < 1.29 is 4.79 Å². The van der Waals surface area contributed by atoms with Crippen molar-refractivity contribution in [3.63, 3.8) is 0 Å². The number of benzene rings is 1. The molecule has 5 heteroatoms. The average molecular weight is 258 g/mol. The normalized spacial score (nSPS) is 17.0. The monoisotopic (exact) mass is 258 g/mol. The van der Waals surface area contributed by atoms with Gasteiger partial charge in [0.25, 0.3) is 0 Å². The number of nitrogens with zero attached hydrogens (tertiary/aromatic N) is 3. The molecule has 2 aromatic rings. The largest absolute Gasteiger partial charge is 0.351 e. The maximum Gasteiger partial charge on any atom is 0.314 e. The van der Waals surface area contributed by atoms with Gasteiger partial charge in [0.05, 0.1) is 17.8 Å². The average Bonchev–Trinajstić information content (AvgIpc) is 2.81. The lowest BCUT2D eigenvalue weighted by atomic mass is 10.1. The minimum Gasteiger partial charge on any atom is -0.351 e. The molecule has 1 aromatic carbocycles. The fourth-order valence-electron chi connectivity index (χ4n) is 2.79. The first kappa shape index (κ1) is 12.0. The van der Waals surface area contributed by atoms with Crippen molar-refractivity contribution in [1.29, 1.82) is 0 Å². The molecule has 2 heterocycles. The summed E-state index contributed by atoms with van der Waals surface area (Å²) in [6, 6.07) is 6.42. The molecule has 19 heavy (non-hydrogen) atoms. The Morgan fingerprint density at radius 2 is 2.11 bits per heavy atom. The Bertz CT molecular complexity index is 611. The molecule has 1 aliphatic heterocycles. The molecule has 0 bridgehead atoms. The van der Waals surface area contributed by atoms with Crippen LogP contribution in [0.25, 0.3) is 10.9 Å². The van der Waals surface area contributed by atoms with E-state index in [0.29, 0.717) is 19.1 Å². The Kier molecular flexibility index (Phi) is 2.89. The lowest BCUT2D eigenvalue weighted by Crippen LogP contribution is -2.42. The van der Waals surface area contributed by atoms with E-state index in [1.807, 2.05) is 6.20 Å². The zero-order chi connectivity index (χ0) is 13.4. The molecule has 2 amide bonds. The summed E-state index contributed by atoms with van der Waals surface area (Å²) in [5.74, 6) is 0. The molecule has 2 N–H and O–H groups in total. The molecular formula is C14H18N4O. The number of hydrogen-bond donors (Lipinski definition) is 1. The zero-order valence-electron chi connectivity index (χ0n) is 11.0. The number of nitrogens with two attached hydrogens (primary N) is 1. The number of rotatable bonds is 1. The first-order valence-electron chi connectivity index (χ1n) is 6.63. The fourth-order valence-corrected chi connectivity index (χ4v) is 2.79. The summed E-state index contributed by atoms with van der Waals surface area (Å²) in [6.45, 7) is 3.52. The number of amides is 2. The molecule has 0 unspecified atom stereocenters. The second-order valence-electron chi connectivity index (χ2n) is 5.21. The third-order valence-corrected chi connectivity index (χ3v) is 3.87. The van der Waals surface area contributed by atoms with Gasteiger partial charge >= 0.3 is 6.03 Å². The summed E-state index contributed by atoms with van der Waals surface area (Å²) in [5.41, 5.74) is 7.72. The van der Waals surface area contributed by atoms with Crippen LogP contribution >= 0.6 is 0 Å². The van der Waals surface area contributed by atoms with Crippen LogP contribution in [0.15, 0.2) is 24.4 Å². The van der Waals surface area contributed by atoms with Crippen molar-refractivity contribution in [1.82, 2.24) is 14.7 Å². The summed E-state index contributed by atoms with van der Waals surface area (Å²) in [5, 5.41) is 5.69. The maximum absolute atomic E-state index is 11.1. The van der Waals surface area contributed by atoms with Crippen LogP contribution in [0.4, 0.5) is 4.79 Å². The van der Waals surface area contributed by atoms with Crippen LogP contribution in [0.3, 0.4) is 0 Å². The Labute approximate surface area is 112 Å². The lowest BCUT2D eigenvalue weighted by molar-refractivity contribution is 0.178. The highest BCUT2D eigenvalue weighted by Crippen LogP contribution is 2.26. The van der Waals surface area contributed by atoms with E-state index < -0.39 is 0 Å². The second-order valence-corrected chi connectivity index (χ2v) is 5.21. The van der Waals surface area contributed by atoms with Gasteiger partial charge in [-0.3, -0.25) is 4.68 Å². The van der Waals surface area contributed by atoms with Crippen LogP contribution in [0, 0.1) is 6.92 Å². The maximum atomic E-state index is 11.1. The molecule has 0 aliphatic carbocycles. The summed E-state index contributed by atoms with van der Waals surface area (Å²) in [6.07, 6.45) is 3.74. The molecule has 1 saturated heterocycles. The predicted molar refractivity (Wildman–Crippen MR) is 73.9 cm³/mol. The van der Waals surface area contributed by atoms with Crippen LogP contribution in [0.2, 0.25) is 0 Å². The van der Waals surface area contributed by atoms with Crippen molar-refractivity contribution in [2.75, 3.05) is 13.1 Å². The van der Waals surface area contributed by atoms with Crippen LogP contribution in [0.1, 0.15) is 24.4 Å². The number of primary amides is 1. The first-order chi connectivity index (χ1) is 9.15. The van der Waals surface area contributed by atoms with Gasteiger partial charge in [0.2, 0.25) is 0 Å². The minimum atomic E-state index is -0.320. The minimum absolute atomic E-state index is 0.320. The number of aromatic nitrogens is 2. The summed E-state index contributed by atoms with van der Waals surface area (Å²) >= 11 is 0. The number of fused-ring (bicyclic) bond motifs is 1. The topological polar surface area (TPSA) is 64.2 Å². The third kappa shape index (κ3) is 2.16. The quantitative estimate of drug-likeness (QED) is 0.851. The summed E-state index contributed by atoms with van der Waals surface area (Å²) in [7, 11) is 0. The Morgan fingerprint density at radius 1 is 1.37 bits per heavy atom. The molecule has 0 saturated carbocycles. The fraction of sp³-hybridized carbons (Fsp3) is 0.429. The highest BCUT2D eigenvalue weighted by molar-refractivity contribution is 5.79. The Hall–Kier alpha value is -2.04. The molecule has 1 aromatic heterocycles. The number of carbonyl (C=O) groups excluding carboxylic acids is 1. The van der Waals surface area contributed by atoms with E-state index in [2.05, 4.69) is 34.9 Å². The molecule has 0 atom stereocenters.